The zero-order valence-corrected chi connectivity index (χ0v) is 12.8. The summed E-state index contributed by atoms with van der Waals surface area (Å²) in [6, 6.07) is 12.1. The van der Waals surface area contributed by atoms with Crippen molar-refractivity contribution in [3.05, 3.63) is 72.6 Å². The molecule has 0 radical (unpaired) electrons. The van der Waals surface area contributed by atoms with Gasteiger partial charge in [-0.2, -0.15) is 0 Å². The lowest BCUT2D eigenvalue weighted by Crippen LogP contribution is -1.88. The van der Waals surface area contributed by atoms with Crippen LogP contribution in [0.5, 0.6) is 0 Å². The predicted octanol–water partition coefficient (Wildman–Crippen LogP) is 4.42. The van der Waals surface area contributed by atoms with Crippen LogP contribution in [0.2, 0.25) is 0 Å². The van der Waals surface area contributed by atoms with E-state index in [9.17, 15) is 4.39 Å². The lowest BCUT2D eigenvalue weighted by atomic mass is 10.2. The van der Waals surface area contributed by atoms with Crippen molar-refractivity contribution in [3.8, 4) is 11.5 Å². The number of oxazole rings is 1. The molecule has 0 saturated heterocycles. The van der Waals surface area contributed by atoms with E-state index in [2.05, 4.69) is 9.97 Å². The molecule has 114 valence electrons. The van der Waals surface area contributed by atoms with Gasteiger partial charge < -0.3 is 4.42 Å². The second-order valence-electron chi connectivity index (χ2n) is 4.98. The lowest BCUT2D eigenvalue weighted by Gasteiger charge is -1.98. The SMILES string of the molecule is Fc1ccc(-c2nc(CSc3ncc4ccccn34)co2)cc1. The second kappa shape index (κ2) is 5.89. The minimum atomic E-state index is -0.276. The summed E-state index contributed by atoms with van der Waals surface area (Å²) in [5.74, 6) is 0.870. The van der Waals surface area contributed by atoms with Crippen LogP contribution in [0.4, 0.5) is 4.39 Å². The van der Waals surface area contributed by atoms with Crippen molar-refractivity contribution in [1.29, 1.82) is 0 Å². The number of benzene rings is 1. The van der Waals surface area contributed by atoms with E-state index in [1.165, 1.54) is 12.1 Å². The summed E-state index contributed by atoms with van der Waals surface area (Å²) >= 11 is 1.59. The summed E-state index contributed by atoms with van der Waals surface area (Å²) in [5.41, 5.74) is 2.64. The summed E-state index contributed by atoms with van der Waals surface area (Å²) in [7, 11) is 0. The summed E-state index contributed by atoms with van der Waals surface area (Å²) in [6.07, 6.45) is 5.45. The fourth-order valence-electron chi connectivity index (χ4n) is 2.26. The summed E-state index contributed by atoms with van der Waals surface area (Å²) in [6.45, 7) is 0. The number of imidazole rings is 1. The number of rotatable bonds is 4. The van der Waals surface area contributed by atoms with Gasteiger partial charge in [0.1, 0.15) is 12.1 Å². The number of fused-ring (bicyclic) bond motifs is 1. The van der Waals surface area contributed by atoms with Gasteiger partial charge in [-0.25, -0.2) is 14.4 Å². The van der Waals surface area contributed by atoms with Crippen LogP contribution in [0.25, 0.3) is 17.0 Å². The van der Waals surface area contributed by atoms with Crippen molar-refractivity contribution in [2.24, 2.45) is 0 Å². The number of nitrogens with zero attached hydrogens (tertiary/aromatic N) is 3. The molecule has 4 rings (SSSR count). The molecule has 0 fully saturated rings. The number of halogens is 1. The Morgan fingerprint density at radius 2 is 2.00 bits per heavy atom. The number of aromatic nitrogens is 3. The summed E-state index contributed by atoms with van der Waals surface area (Å²) in [5, 5.41) is 0.909. The van der Waals surface area contributed by atoms with E-state index in [1.54, 1.807) is 30.2 Å². The molecule has 4 nitrogen and oxygen atoms in total. The monoisotopic (exact) mass is 325 g/mol. The molecular weight excluding hydrogens is 313 g/mol. The average molecular weight is 325 g/mol. The maximum absolute atomic E-state index is 12.9. The Bertz CT molecular complexity index is 946. The fourth-order valence-corrected chi connectivity index (χ4v) is 3.11. The molecular formula is C17H12FN3OS. The summed E-state index contributed by atoms with van der Waals surface area (Å²) in [4.78, 5) is 8.85. The van der Waals surface area contributed by atoms with Gasteiger partial charge in [0, 0.05) is 17.5 Å². The van der Waals surface area contributed by atoms with Crippen molar-refractivity contribution in [3.63, 3.8) is 0 Å². The van der Waals surface area contributed by atoms with Gasteiger partial charge in [0.2, 0.25) is 5.89 Å². The predicted molar refractivity (Wildman–Crippen MR) is 86.7 cm³/mol. The molecule has 1 aromatic carbocycles. The van der Waals surface area contributed by atoms with Crippen LogP contribution >= 0.6 is 11.8 Å². The average Bonchev–Trinajstić information content (AvgIpc) is 3.20. The first-order valence-corrected chi connectivity index (χ1v) is 8.03. The molecule has 0 amide bonds. The quantitative estimate of drug-likeness (QED) is 0.521. The second-order valence-corrected chi connectivity index (χ2v) is 5.92. The van der Waals surface area contributed by atoms with Gasteiger partial charge in [-0.3, -0.25) is 4.40 Å². The Hall–Kier alpha value is -2.60. The van der Waals surface area contributed by atoms with Gasteiger partial charge in [-0.05, 0) is 36.4 Å². The van der Waals surface area contributed by atoms with Gasteiger partial charge in [0.25, 0.3) is 0 Å². The minimum Gasteiger partial charge on any atom is -0.444 e. The largest absolute Gasteiger partial charge is 0.444 e. The Kier molecular flexibility index (Phi) is 3.59. The van der Waals surface area contributed by atoms with Crippen molar-refractivity contribution < 1.29 is 8.81 Å². The highest BCUT2D eigenvalue weighted by atomic mass is 32.2. The van der Waals surface area contributed by atoms with E-state index in [-0.39, 0.29) is 5.82 Å². The fraction of sp³-hybridized carbons (Fsp3) is 0.0588. The van der Waals surface area contributed by atoms with Crippen LogP contribution in [-0.4, -0.2) is 14.4 Å². The number of thioether (sulfide) groups is 1. The van der Waals surface area contributed by atoms with E-state index >= 15 is 0 Å². The minimum absolute atomic E-state index is 0.276. The first kappa shape index (κ1) is 14.0. The molecule has 0 saturated carbocycles. The molecule has 0 aliphatic rings. The Labute approximate surface area is 136 Å². The molecule has 3 heterocycles. The van der Waals surface area contributed by atoms with E-state index in [0.717, 1.165) is 21.9 Å². The van der Waals surface area contributed by atoms with E-state index in [0.29, 0.717) is 11.6 Å². The number of hydrogen-bond acceptors (Lipinski definition) is 4. The third kappa shape index (κ3) is 2.85. The third-order valence-corrected chi connectivity index (χ3v) is 4.40. The summed E-state index contributed by atoms with van der Waals surface area (Å²) < 4.78 is 20.5. The molecule has 0 atom stereocenters. The molecule has 23 heavy (non-hydrogen) atoms. The van der Waals surface area contributed by atoms with Crippen molar-refractivity contribution >= 4 is 17.3 Å². The van der Waals surface area contributed by atoms with Gasteiger partial charge >= 0.3 is 0 Å². The Morgan fingerprint density at radius 3 is 2.87 bits per heavy atom. The van der Waals surface area contributed by atoms with E-state index < -0.39 is 0 Å². The Morgan fingerprint density at radius 1 is 1.13 bits per heavy atom. The maximum atomic E-state index is 12.9. The molecule has 0 N–H and O–H groups in total. The first-order chi connectivity index (χ1) is 11.3. The van der Waals surface area contributed by atoms with Crippen molar-refractivity contribution in [1.82, 2.24) is 14.4 Å². The van der Waals surface area contributed by atoms with Crippen LogP contribution in [-0.2, 0) is 5.75 Å². The first-order valence-electron chi connectivity index (χ1n) is 7.05. The van der Waals surface area contributed by atoms with Gasteiger partial charge in [0.15, 0.2) is 5.16 Å². The number of pyridine rings is 1. The molecule has 4 aromatic rings. The molecule has 0 spiro atoms. The molecule has 6 heteroatoms. The third-order valence-electron chi connectivity index (χ3n) is 3.40. The van der Waals surface area contributed by atoms with E-state index in [1.807, 2.05) is 35.0 Å². The topological polar surface area (TPSA) is 43.3 Å². The highest BCUT2D eigenvalue weighted by Crippen LogP contribution is 2.25. The lowest BCUT2D eigenvalue weighted by molar-refractivity contribution is 0.573. The normalized spacial score (nSPS) is 11.2. The van der Waals surface area contributed by atoms with Crippen LogP contribution in [0.1, 0.15) is 5.69 Å². The smallest absolute Gasteiger partial charge is 0.226 e. The highest BCUT2D eigenvalue weighted by Gasteiger charge is 2.09. The zero-order valence-electron chi connectivity index (χ0n) is 12.0. The number of hydrogen-bond donors (Lipinski definition) is 0. The molecule has 0 bridgehead atoms. The van der Waals surface area contributed by atoms with Gasteiger partial charge in [0.05, 0.1) is 17.4 Å². The maximum Gasteiger partial charge on any atom is 0.226 e. The van der Waals surface area contributed by atoms with Crippen LogP contribution < -0.4 is 0 Å². The molecule has 0 aliphatic heterocycles. The standard InChI is InChI=1S/C17H12FN3OS/c18-13-6-4-12(5-7-13)16-20-14(10-22-16)11-23-17-19-9-15-3-1-2-8-21(15)17/h1-10H,11H2. The van der Waals surface area contributed by atoms with Crippen LogP contribution in [0, 0.1) is 5.82 Å². The van der Waals surface area contributed by atoms with Crippen molar-refractivity contribution in [2.75, 3.05) is 0 Å². The van der Waals surface area contributed by atoms with Gasteiger partial charge in [-0.1, -0.05) is 17.8 Å². The zero-order chi connectivity index (χ0) is 15.6. The van der Waals surface area contributed by atoms with Crippen LogP contribution in [0.3, 0.4) is 0 Å². The van der Waals surface area contributed by atoms with Crippen LogP contribution in [0.15, 0.2) is 70.7 Å². The van der Waals surface area contributed by atoms with Crippen molar-refractivity contribution in [2.45, 2.75) is 10.9 Å². The molecule has 0 aliphatic carbocycles. The Balaban J connectivity index is 1.51. The highest BCUT2D eigenvalue weighted by molar-refractivity contribution is 7.98. The van der Waals surface area contributed by atoms with Gasteiger partial charge in [-0.15, -0.1) is 0 Å². The van der Waals surface area contributed by atoms with E-state index in [4.69, 9.17) is 4.42 Å². The molecule has 3 aromatic heterocycles. The molecule has 0 unspecified atom stereocenters.